The summed E-state index contributed by atoms with van der Waals surface area (Å²) in [7, 11) is 0. The van der Waals surface area contributed by atoms with Crippen molar-refractivity contribution in [1.29, 1.82) is 0 Å². The smallest absolute Gasteiger partial charge is 0.239 e. The maximum absolute atomic E-state index is 10.9. The Labute approximate surface area is 90.2 Å². The van der Waals surface area contributed by atoms with Crippen LogP contribution < -0.4 is 11.1 Å². The number of nitrogens with zero attached hydrogens (tertiary/aromatic N) is 2. The molecule has 1 aromatic rings. The standard InChI is InChI=1S/C8H11BrN4O/c1-2-6(7(10)14)13-8-11-3-5(9)4-12-8/h3-4,6H,2H2,1H3,(H2,10,14)(H,11,12,13). The van der Waals surface area contributed by atoms with Crippen molar-refractivity contribution < 1.29 is 4.79 Å². The lowest BCUT2D eigenvalue weighted by molar-refractivity contribution is -0.118. The van der Waals surface area contributed by atoms with E-state index in [0.29, 0.717) is 12.4 Å². The number of nitrogens with two attached hydrogens (primary N) is 1. The predicted octanol–water partition coefficient (Wildman–Crippen LogP) is 0.915. The second-order valence-electron chi connectivity index (χ2n) is 2.73. The number of hydrogen-bond donors (Lipinski definition) is 2. The Kier molecular flexibility index (Phi) is 3.82. The molecule has 1 aromatic heterocycles. The average Bonchev–Trinajstić information content (AvgIpc) is 2.16. The fourth-order valence-electron chi connectivity index (χ4n) is 0.917. The number of primary amides is 1. The van der Waals surface area contributed by atoms with Crippen LogP contribution in [0.1, 0.15) is 13.3 Å². The molecule has 0 saturated heterocycles. The molecule has 0 fully saturated rings. The van der Waals surface area contributed by atoms with E-state index in [4.69, 9.17) is 5.73 Å². The van der Waals surface area contributed by atoms with Crippen LogP contribution in [-0.2, 0) is 4.79 Å². The van der Waals surface area contributed by atoms with Crippen LogP contribution in [0.25, 0.3) is 0 Å². The molecule has 0 aromatic carbocycles. The fourth-order valence-corrected chi connectivity index (χ4v) is 1.12. The second-order valence-corrected chi connectivity index (χ2v) is 3.65. The highest BCUT2D eigenvalue weighted by atomic mass is 79.9. The number of carbonyl (C=O) groups excluding carboxylic acids is 1. The lowest BCUT2D eigenvalue weighted by Crippen LogP contribution is -2.35. The molecule has 1 rings (SSSR count). The Bertz CT molecular complexity index is 314. The van der Waals surface area contributed by atoms with Crippen molar-refractivity contribution >= 4 is 27.8 Å². The van der Waals surface area contributed by atoms with Gasteiger partial charge in [-0.05, 0) is 22.4 Å². The zero-order valence-electron chi connectivity index (χ0n) is 7.70. The predicted molar refractivity (Wildman–Crippen MR) is 56.6 cm³/mol. The third-order valence-electron chi connectivity index (χ3n) is 1.68. The molecule has 5 nitrogen and oxygen atoms in total. The Balaban J connectivity index is 2.67. The van der Waals surface area contributed by atoms with Gasteiger partial charge in [0.15, 0.2) is 0 Å². The lowest BCUT2D eigenvalue weighted by Gasteiger charge is -2.12. The molecule has 1 atom stereocenters. The normalized spacial score (nSPS) is 12.1. The molecule has 1 heterocycles. The topological polar surface area (TPSA) is 80.9 Å². The van der Waals surface area contributed by atoms with E-state index in [-0.39, 0.29) is 0 Å². The van der Waals surface area contributed by atoms with E-state index in [2.05, 4.69) is 31.2 Å². The largest absolute Gasteiger partial charge is 0.368 e. The maximum Gasteiger partial charge on any atom is 0.239 e. The molecule has 14 heavy (non-hydrogen) atoms. The van der Waals surface area contributed by atoms with E-state index in [9.17, 15) is 4.79 Å². The van der Waals surface area contributed by atoms with Crippen LogP contribution in [0.4, 0.5) is 5.95 Å². The van der Waals surface area contributed by atoms with Gasteiger partial charge in [-0.25, -0.2) is 9.97 Å². The van der Waals surface area contributed by atoms with Crippen LogP contribution in [0.15, 0.2) is 16.9 Å². The molecule has 76 valence electrons. The Morgan fingerprint density at radius 3 is 2.64 bits per heavy atom. The summed E-state index contributed by atoms with van der Waals surface area (Å²) in [5.74, 6) is -0.00197. The lowest BCUT2D eigenvalue weighted by atomic mass is 10.2. The highest BCUT2D eigenvalue weighted by Crippen LogP contribution is 2.08. The van der Waals surface area contributed by atoms with E-state index >= 15 is 0 Å². The van der Waals surface area contributed by atoms with Crippen LogP contribution in [-0.4, -0.2) is 21.9 Å². The number of anilines is 1. The van der Waals surface area contributed by atoms with Gasteiger partial charge < -0.3 is 11.1 Å². The van der Waals surface area contributed by atoms with Crippen LogP contribution >= 0.6 is 15.9 Å². The second kappa shape index (κ2) is 4.90. The summed E-state index contributed by atoms with van der Waals surface area (Å²) in [6.45, 7) is 1.86. The SMILES string of the molecule is CCC(Nc1ncc(Br)cn1)C(N)=O. The number of hydrogen-bond acceptors (Lipinski definition) is 4. The van der Waals surface area contributed by atoms with Gasteiger partial charge in [-0.2, -0.15) is 0 Å². The third kappa shape index (κ3) is 2.95. The molecule has 0 aliphatic heterocycles. The third-order valence-corrected chi connectivity index (χ3v) is 2.08. The van der Waals surface area contributed by atoms with Crippen molar-refractivity contribution in [3.63, 3.8) is 0 Å². The number of aromatic nitrogens is 2. The molecule has 0 spiro atoms. The van der Waals surface area contributed by atoms with Crippen LogP contribution in [0.3, 0.4) is 0 Å². The Morgan fingerprint density at radius 1 is 1.64 bits per heavy atom. The number of halogens is 1. The van der Waals surface area contributed by atoms with Crippen LogP contribution in [0.5, 0.6) is 0 Å². The molecule has 0 radical (unpaired) electrons. The molecule has 6 heteroatoms. The summed E-state index contributed by atoms with van der Waals surface area (Å²) in [4.78, 5) is 18.8. The summed E-state index contributed by atoms with van der Waals surface area (Å²) >= 11 is 3.21. The number of rotatable bonds is 4. The van der Waals surface area contributed by atoms with Crippen molar-refractivity contribution in [2.24, 2.45) is 5.73 Å². The highest BCUT2D eigenvalue weighted by molar-refractivity contribution is 9.10. The van der Waals surface area contributed by atoms with Crippen molar-refractivity contribution in [1.82, 2.24) is 9.97 Å². The van der Waals surface area contributed by atoms with Gasteiger partial charge in [-0.3, -0.25) is 4.79 Å². The minimum Gasteiger partial charge on any atom is -0.368 e. The first-order valence-electron chi connectivity index (χ1n) is 4.17. The van der Waals surface area contributed by atoms with E-state index in [1.54, 1.807) is 12.4 Å². The van der Waals surface area contributed by atoms with Gasteiger partial charge >= 0.3 is 0 Å². The molecule has 1 amide bonds. The van der Waals surface area contributed by atoms with Crippen LogP contribution in [0, 0.1) is 0 Å². The molecule has 3 N–H and O–H groups in total. The van der Waals surface area contributed by atoms with Crippen molar-refractivity contribution in [2.75, 3.05) is 5.32 Å². The average molecular weight is 259 g/mol. The van der Waals surface area contributed by atoms with Crippen molar-refractivity contribution in [3.05, 3.63) is 16.9 Å². The Morgan fingerprint density at radius 2 is 2.21 bits per heavy atom. The minimum atomic E-state index is -0.420. The van der Waals surface area contributed by atoms with Crippen molar-refractivity contribution in [2.45, 2.75) is 19.4 Å². The molecule has 1 unspecified atom stereocenters. The van der Waals surface area contributed by atoms with Gasteiger partial charge in [0, 0.05) is 12.4 Å². The van der Waals surface area contributed by atoms with Gasteiger partial charge in [0.2, 0.25) is 11.9 Å². The summed E-state index contributed by atoms with van der Waals surface area (Å²) in [5.41, 5.74) is 5.16. The number of amides is 1. The minimum absolute atomic E-state index is 0.402. The summed E-state index contributed by atoms with van der Waals surface area (Å²) < 4.78 is 0.787. The first-order valence-corrected chi connectivity index (χ1v) is 4.96. The number of nitrogens with one attached hydrogen (secondary N) is 1. The van der Waals surface area contributed by atoms with E-state index < -0.39 is 11.9 Å². The van der Waals surface area contributed by atoms with Gasteiger partial charge in [0.05, 0.1) is 4.47 Å². The van der Waals surface area contributed by atoms with Crippen LogP contribution in [0.2, 0.25) is 0 Å². The highest BCUT2D eigenvalue weighted by Gasteiger charge is 2.12. The quantitative estimate of drug-likeness (QED) is 0.842. The molecular formula is C8H11BrN4O. The molecular weight excluding hydrogens is 248 g/mol. The zero-order chi connectivity index (χ0) is 10.6. The summed E-state index contributed by atoms with van der Waals surface area (Å²) in [5, 5.41) is 2.84. The van der Waals surface area contributed by atoms with E-state index in [1.165, 1.54) is 0 Å². The number of carbonyl (C=O) groups is 1. The van der Waals surface area contributed by atoms with Gasteiger partial charge in [0.25, 0.3) is 0 Å². The fraction of sp³-hybridized carbons (Fsp3) is 0.375. The summed E-state index contributed by atoms with van der Waals surface area (Å²) in [6, 6.07) is -0.420. The van der Waals surface area contributed by atoms with E-state index in [1.807, 2.05) is 6.92 Å². The molecule has 0 aliphatic rings. The van der Waals surface area contributed by atoms with E-state index in [0.717, 1.165) is 4.47 Å². The Hall–Kier alpha value is -1.17. The maximum atomic E-state index is 10.9. The van der Waals surface area contributed by atoms with Gasteiger partial charge in [-0.15, -0.1) is 0 Å². The molecule has 0 aliphatic carbocycles. The molecule has 0 bridgehead atoms. The first-order chi connectivity index (χ1) is 6.63. The van der Waals surface area contributed by atoms with Gasteiger partial charge in [-0.1, -0.05) is 6.92 Å². The van der Waals surface area contributed by atoms with Gasteiger partial charge in [0.1, 0.15) is 6.04 Å². The first kappa shape index (κ1) is 10.9. The van der Waals surface area contributed by atoms with Crippen molar-refractivity contribution in [3.8, 4) is 0 Å². The monoisotopic (exact) mass is 258 g/mol. The summed E-state index contributed by atoms with van der Waals surface area (Å²) in [6.07, 6.45) is 3.81. The molecule has 0 saturated carbocycles. The zero-order valence-corrected chi connectivity index (χ0v) is 9.28.